The zero-order valence-electron chi connectivity index (χ0n) is 18.9. The molecule has 4 rings (SSSR count). The fraction of sp³-hybridized carbons (Fsp3) is 0.120. The molecule has 0 aromatic heterocycles. The Morgan fingerprint density at radius 3 is 2.53 bits per heavy atom. The Labute approximate surface area is 218 Å². The van der Waals surface area contributed by atoms with E-state index in [0.717, 1.165) is 10.5 Å². The Morgan fingerprint density at radius 2 is 1.86 bits per heavy atom. The number of halogens is 2. The van der Waals surface area contributed by atoms with E-state index in [1.807, 2.05) is 0 Å². The number of benzene rings is 3. The lowest BCUT2D eigenvalue weighted by Crippen LogP contribution is -2.30. The number of rotatable bonds is 8. The van der Waals surface area contributed by atoms with E-state index in [1.54, 1.807) is 30.3 Å². The third-order valence-corrected chi connectivity index (χ3v) is 6.14. The SMILES string of the molecule is COc1cc(/C=C2/NC(=O)N(Cc3ccccc3F)C2=O)cc(I)c1OCc1ccc([N+](=O)[O-])cc1. The minimum absolute atomic E-state index is 0.00989. The van der Waals surface area contributed by atoms with Crippen LogP contribution < -0.4 is 14.8 Å². The molecule has 0 radical (unpaired) electrons. The first-order valence-corrected chi connectivity index (χ1v) is 11.7. The number of nitro groups is 1. The molecule has 0 spiro atoms. The van der Waals surface area contributed by atoms with Crippen LogP contribution in [0.1, 0.15) is 16.7 Å². The number of ether oxygens (including phenoxy) is 2. The number of carbonyl (C=O) groups excluding carboxylic acids is 2. The zero-order valence-corrected chi connectivity index (χ0v) is 21.0. The number of imide groups is 1. The first-order valence-electron chi connectivity index (χ1n) is 10.6. The first-order chi connectivity index (χ1) is 17.3. The molecule has 0 aliphatic carbocycles. The van der Waals surface area contributed by atoms with E-state index < -0.39 is 22.7 Å². The molecule has 184 valence electrons. The Morgan fingerprint density at radius 1 is 1.14 bits per heavy atom. The van der Waals surface area contributed by atoms with Crippen LogP contribution in [0.5, 0.6) is 11.5 Å². The molecule has 0 atom stereocenters. The summed E-state index contributed by atoms with van der Waals surface area (Å²) in [6.45, 7) is -0.0324. The molecule has 0 unspecified atom stereocenters. The second-order valence-corrected chi connectivity index (χ2v) is 8.88. The lowest BCUT2D eigenvalue weighted by Gasteiger charge is -2.14. The van der Waals surface area contributed by atoms with Gasteiger partial charge in [0.25, 0.3) is 11.6 Å². The molecule has 36 heavy (non-hydrogen) atoms. The smallest absolute Gasteiger partial charge is 0.329 e. The predicted octanol–water partition coefficient (Wildman–Crippen LogP) is 5.02. The molecule has 1 aliphatic heterocycles. The van der Waals surface area contributed by atoms with Gasteiger partial charge in [0.05, 0.1) is 22.1 Å². The number of nitrogens with zero attached hydrogens (tertiary/aromatic N) is 2. The third kappa shape index (κ3) is 5.46. The lowest BCUT2D eigenvalue weighted by molar-refractivity contribution is -0.384. The van der Waals surface area contributed by atoms with Crippen LogP contribution in [0.3, 0.4) is 0 Å². The van der Waals surface area contributed by atoms with Crippen molar-refractivity contribution in [2.24, 2.45) is 0 Å². The number of hydrogen-bond acceptors (Lipinski definition) is 6. The number of non-ortho nitro benzene ring substituents is 1. The van der Waals surface area contributed by atoms with Gasteiger partial charge in [0.2, 0.25) is 0 Å². The first kappa shape index (κ1) is 25.1. The van der Waals surface area contributed by atoms with E-state index >= 15 is 0 Å². The molecule has 1 saturated heterocycles. The minimum atomic E-state index is -0.640. The summed E-state index contributed by atoms with van der Waals surface area (Å²) in [5.74, 6) is -0.216. The van der Waals surface area contributed by atoms with E-state index in [-0.39, 0.29) is 30.1 Å². The molecule has 1 fully saturated rings. The largest absolute Gasteiger partial charge is 0.493 e. The summed E-state index contributed by atoms with van der Waals surface area (Å²) >= 11 is 2.06. The summed E-state index contributed by atoms with van der Waals surface area (Å²) in [6.07, 6.45) is 1.51. The highest BCUT2D eigenvalue weighted by molar-refractivity contribution is 14.1. The van der Waals surface area contributed by atoms with Crippen LogP contribution in [0.15, 0.2) is 66.4 Å². The van der Waals surface area contributed by atoms with Gasteiger partial charge in [-0.05, 0) is 70.1 Å². The number of carbonyl (C=O) groups is 2. The molecular formula is C25H19FIN3O6. The van der Waals surface area contributed by atoms with Gasteiger partial charge in [-0.3, -0.25) is 19.8 Å². The zero-order chi connectivity index (χ0) is 25.8. The molecule has 3 amide bonds. The molecule has 11 heteroatoms. The van der Waals surface area contributed by atoms with E-state index in [2.05, 4.69) is 27.9 Å². The summed E-state index contributed by atoms with van der Waals surface area (Å²) in [4.78, 5) is 36.5. The van der Waals surface area contributed by atoms with Crippen molar-refractivity contribution in [3.8, 4) is 11.5 Å². The third-order valence-electron chi connectivity index (χ3n) is 5.34. The number of nitrogens with one attached hydrogen (secondary N) is 1. The average Bonchev–Trinajstić information content (AvgIpc) is 3.11. The molecule has 9 nitrogen and oxygen atoms in total. The number of hydrogen-bond donors (Lipinski definition) is 1. The maximum Gasteiger partial charge on any atom is 0.329 e. The van der Waals surface area contributed by atoms with Crippen LogP contribution >= 0.6 is 22.6 Å². The Balaban J connectivity index is 1.51. The van der Waals surface area contributed by atoms with Crippen molar-refractivity contribution < 1.29 is 28.4 Å². The van der Waals surface area contributed by atoms with Gasteiger partial charge in [0.15, 0.2) is 11.5 Å². The Kier molecular flexibility index (Phi) is 7.48. The van der Waals surface area contributed by atoms with Crippen molar-refractivity contribution >= 4 is 46.3 Å². The van der Waals surface area contributed by atoms with E-state index in [0.29, 0.717) is 20.6 Å². The summed E-state index contributed by atoms with van der Waals surface area (Å²) < 4.78 is 26.0. The van der Waals surface area contributed by atoms with Gasteiger partial charge in [0.1, 0.15) is 18.1 Å². The number of urea groups is 1. The van der Waals surface area contributed by atoms with E-state index in [4.69, 9.17) is 9.47 Å². The molecule has 3 aromatic carbocycles. The maximum atomic E-state index is 14.0. The summed E-state index contributed by atoms with van der Waals surface area (Å²) in [7, 11) is 1.47. The van der Waals surface area contributed by atoms with Gasteiger partial charge in [-0.1, -0.05) is 18.2 Å². The highest BCUT2D eigenvalue weighted by atomic mass is 127. The average molecular weight is 603 g/mol. The fourth-order valence-corrected chi connectivity index (χ4v) is 4.29. The number of nitro benzene ring substituents is 1. The number of amides is 3. The predicted molar refractivity (Wildman–Crippen MR) is 137 cm³/mol. The Hall–Kier alpha value is -4.00. The highest BCUT2D eigenvalue weighted by Crippen LogP contribution is 2.35. The van der Waals surface area contributed by atoms with Gasteiger partial charge in [-0.25, -0.2) is 9.18 Å². The second kappa shape index (κ2) is 10.7. The summed E-state index contributed by atoms with van der Waals surface area (Å²) in [6, 6.07) is 14.7. The second-order valence-electron chi connectivity index (χ2n) is 7.72. The van der Waals surface area contributed by atoms with Crippen molar-refractivity contribution in [1.82, 2.24) is 10.2 Å². The normalized spacial score (nSPS) is 14.2. The van der Waals surface area contributed by atoms with Crippen molar-refractivity contribution in [1.29, 1.82) is 0 Å². The van der Waals surface area contributed by atoms with Crippen LogP contribution in [0.2, 0.25) is 0 Å². The monoisotopic (exact) mass is 603 g/mol. The molecular weight excluding hydrogens is 584 g/mol. The maximum absolute atomic E-state index is 14.0. The van der Waals surface area contributed by atoms with Crippen LogP contribution in [-0.2, 0) is 17.9 Å². The van der Waals surface area contributed by atoms with Crippen molar-refractivity contribution in [2.75, 3.05) is 7.11 Å². The molecule has 0 bridgehead atoms. The topological polar surface area (TPSA) is 111 Å². The lowest BCUT2D eigenvalue weighted by atomic mass is 10.1. The molecule has 0 saturated carbocycles. The van der Waals surface area contributed by atoms with Crippen molar-refractivity contribution in [3.05, 3.63) is 103 Å². The van der Waals surface area contributed by atoms with Gasteiger partial charge in [-0.15, -0.1) is 0 Å². The van der Waals surface area contributed by atoms with Gasteiger partial charge < -0.3 is 14.8 Å². The Bertz CT molecular complexity index is 1380. The van der Waals surface area contributed by atoms with Crippen LogP contribution in [0, 0.1) is 19.5 Å². The molecule has 1 aliphatic rings. The van der Waals surface area contributed by atoms with Crippen molar-refractivity contribution in [2.45, 2.75) is 13.2 Å². The van der Waals surface area contributed by atoms with E-state index in [1.165, 1.54) is 43.5 Å². The van der Waals surface area contributed by atoms with Crippen LogP contribution in [0.4, 0.5) is 14.9 Å². The van der Waals surface area contributed by atoms with Crippen LogP contribution in [0.25, 0.3) is 6.08 Å². The number of methoxy groups -OCH3 is 1. The van der Waals surface area contributed by atoms with E-state index in [9.17, 15) is 24.1 Å². The summed E-state index contributed by atoms with van der Waals surface area (Å²) in [5.41, 5.74) is 1.58. The van der Waals surface area contributed by atoms with Gasteiger partial charge >= 0.3 is 6.03 Å². The molecule has 3 aromatic rings. The van der Waals surface area contributed by atoms with Gasteiger partial charge in [0, 0.05) is 17.7 Å². The van der Waals surface area contributed by atoms with Crippen molar-refractivity contribution in [3.63, 3.8) is 0 Å². The fourth-order valence-electron chi connectivity index (χ4n) is 3.51. The highest BCUT2D eigenvalue weighted by Gasteiger charge is 2.34. The quantitative estimate of drug-likeness (QED) is 0.127. The molecule has 1 N–H and O–H groups in total. The minimum Gasteiger partial charge on any atom is -0.493 e. The summed E-state index contributed by atoms with van der Waals surface area (Å²) in [5, 5.41) is 13.3. The standard InChI is InChI=1S/C25H19FIN3O6/c1-35-22-12-16(10-20(27)23(22)36-14-15-6-8-18(9-7-15)30(33)34)11-21-24(31)29(25(32)28-21)13-17-4-2-3-5-19(17)26/h2-12H,13-14H2,1H3,(H,28,32)/b21-11+. The van der Waals surface area contributed by atoms with Gasteiger partial charge in [-0.2, -0.15) is 0 Å². The van der Waals surface area contributed by atoms with Crippen LogP contribution in [-0.4, -0.2) is 28.9 Å². The molecule has 1 heterocycles.